The summed E-state index contributed by atoms with van der Waals surface area (Å²) in [7, 11) is 2.11. The second kappa shape index (κ2) is 2.95. The van der Waals surface area contributed by atoms with Crippen molar-refractivity contribution in [1.82, 2.24) is 0 Å². The first-order valence-electron chi connectivity index (χ1n) is 4.64. The van der Waals surface area contributed by atoms with Gasteiger partial charge in [-0.2, -0.15) is 0 Å². The molecule has 0 fully saturated rings. The number of anilines is 1. The van der Waals surface area contributed by atoms with Crippen LogP contribution in [-0.2, 0) is 0 Å². The van der Waals surface area contributed by atoms with Crippen molar-refractivity contribution in [2.24, 2.45) is 0 Å². The number of rotatable bonds is 0. The third-order valence-electron chi connectivity index (χ3n) is 2.74. The maximum atomic E-state index is 5.66. The molecule has 1 aliphatic rings. The van der Waals surface area contributed by atoms with E-state index in [1.54, 1.807) is 0 Å². The zero-order valence-electron chi connectivity index (χ0n) is 8.42. The van der Waals surface area contributed by atoms with Crippen molar-refractivity contribution in [1.29, 1.82) is 0 Å². The smallest absolute Gasteiger partial charge is 0.145 e. The molecule has 0 spiro atoms. The molecule has 2 rings (SSSR count). The summed E-state index contributed by atoms with van der Waals surface area (Å²) < 4.78 is 5.66. The lowest BCUT2D eigenvalue weighted by atomic mass is 10.1. The fourth-order valence-corrected chi connectivity index (χ4v) is 1.66. The number of hydrogen-bond acceptors (Lipinski definition) is 2. The molecule has 13 heavy (non-hydrogen) atoms. The van der Waals surface area contributed by atoms with Crippen LogP contribution < -0.4 is 9.64 Å². The topological polar surface area (TPSA) is 12.5 Å². The Morgan fingerprint density at radius 1 is 1.31 bits per heavy atom. The Morgan fingerprint density at radius 2 is 2.08 bits per heavy atom. The monoisotopic (exact) mass is 177 g/mol. The first-order valence-corrected chi connectivity index (χ1v) is 4.64. The third kappa shape index (κ3) is 1.26. The standard InChI is InChI=1S/C11H15NO/c1-8-4-5-10-11(9(8)2)13-7-6-12(10)3/h4-5H,6-7H2,1-3H3. The van der Waals surface area contributed by atoms with Gasteiger partial charge in [0.1, 0.15) is 12.4 Å². The Hall–Kier alpha value is -1.18. The van der Waals surface area contributed by atoms with Crippen molar-refractivity contribution in [3.05, 3.63) is 23.3 Å². The van der Waals surface area contributed by atoms with E-state index in [1.165, 1.54) is 16.8 Å². The molecule has 0 bridgehead atoms. The largest absolute Gasteiger partial charge is 0.489 e. The van der Waals surface area contributed by atoms with Gasteiger partial charge in [-0.3, -0.25) is 0 Å². The molecular weight excluding hydrogens is 162 g/mol. The lowest BCUT2D eigenvalue weighted by Crippen LogP contribution is -2.29. The van der Waals surface area contributed by atoms with Crippen molar-refractivity contribution in [3.8, 4) is 5.75 Å². The zero-order valence-corrected chi connectivity index (χ0v) is 8.42. The lowest BCUT2D eigenvalue weighted by Gasteiger charge is -2.29. The van der Waals surface area contributed by atoms with Crippen molar-refractivity contribution in [2.75, 3.05) is 25.1 Å². The maximum Gasteiger partial charge on any atom is 0.145 e. The molecule has 0 N–H and O–H groups in total. The van der Waals surface area contributed by atoms with E-state index >= 15 is 0 Å². The number of nitrogens with zero attached hydrogens (tertiary/aromatic N) is 1. The van der Waals surface area contributed by atoms with E-state index in [9.17, 15) is 0 Å². The van der Waals surface area contributed by atoms with Gasteiger partial charge in [0.25, 0.3) is 0 Å². The molecule has 1 heterocycles. The molecule has 1 aromatic rings. The Bertz CT molecular complexity index is 333. The van der Waals surface area contributed by atoms with Gasteiger partial charge in [-0.25, -0.2) is 0 Å². The van der Waals surface area contributed by atoms with E-state index in [2.05, 4.69) is 37.9 Å². The van der Waals surface area contributed by atoms with Gasteiger partial charge in [0, 0.05) is 7.05 Å². The van der Waals surface area contributed by atoms with Crippen LogP contribution in [0.3, 0.4) is 0 Å². The van der Waals surface area contributed by atoms with Gasteiger partial charge in [-0.15, -0.1) is 0 Å². The number of aryl methyl sites for hydroxylation is 1. The van der Waals surface area contributed by atoms with Crippen LogP contribution in [0.25, 0.3) is 0 Å². The number of benzene rings is 1. The van der Waals surface area contributed by atoms with Crippen molar-refractivity contribution in [2.45, 2.75) is 13.8 Å². The van der Waals surface area contributed by atoms with E-state index in [0.29, 0.717) is 0 Å². The summed E-state index contributed by atoms with van der Waals surface area (Å²) in [4.78, 5) is 2.24. The predicted molar refractivity (Wildman–Crippen MR) is 54.7 cm³/mol. The summed E-state index contributed by atoms with van der Waals surface area (Å²) >= 11 is 0. The van der Waals surface area contributed by atoms with Crippen molar-refractivity contribution in [3.63, 3.8) is 0 Å². The lowest BCUT2D eigenvalue weighted by molar-refractivity contribution is 0.309. The highest BCUT2D eigenvalue weighted by Gasteiger charge is 2.17. The number of fused-ring (bicyclic) bond motifs is 1. The average Bonchev–Trinajstić information content (AvgIpc) is 2.12. The van der Waals surface area contributed by atoms with Gasteiger partial charge < -0.3 is 9.64 Å². The molecule has 0 aliphatic carbocycles. The van der Waals surface area contributed by atoms with Crippen molar-refractivity contribution >= 4 is 5.69 Å². The van der Waals surface area contributed by atoms with Crippen LogP contribution in [0.4, 0.5) is 5.69 Å². The van der Waals surface area contributed by atoms with Crippen molar-refractivity contribution < 1.29 is 4.74 Å². The van der Waals surface area contributed by atoms with Gasteiger partial charge in [0.15, 0.2) is 0 Å². The summed E-state index contributed by atoms with van der Waals surface area (Å²) in [6, 6.07) is 4.29. The van der Waals surface area contributed by atoms with E-state index in [4.69, 9.17) is 4.74 Å². The van der Waals surface area contributed by atoms with Crippen LogP contribution in [0.15, 0.2) is 12.1 Å². The number of ether oxygens (including phenoxy) is 1. The molecule has 1 aromatic carbocycles. The Balaban J connectivity index is 2.56. The first kappa shape index (κ1) is 8.42. The summed E-state index contributed by atoms with van der Waals surface area (Å²) in [5, 5.41) is 0. The third-order valence-corrected chi connectivity index (χ3v) is 2.74. The molecular formula is C11H15NO. The summed E-state index contributed by atoms with van der Waals surface area (Å²) in [6.45, 7) is 6.02. The van der Waals surface area contributed by atoms with Gasteiger partial charge >= 0.3 is 0 Å². The molecule has 0 atom stereocenters. The fraction of sp³-hybridized carbons (Fsp3) is 0.455. The number of likely N-dealkylation sites (N-methyl/N-ethyl adjacent to an activating group) is 1. The van der Waals surface area contributed by atoms with Gasteiger partial charge in [0.2, 0.25) is 0 Å². The van der Waals surface area contributed by atoms with Crippen LogP contribution in [0, 0.1) is 13.8 Å². The number of hydrogen-bond donors (Lipinski definition) is 0. The van der Waals surface area contributed by atoms with Crippen LogP contribution in [0.2, 0.25) is 0 Å². The second-order valence-corrected chi connectivity index (χ2v) is 3.63. The Labute approximate surface area is 79.1 Å². The van der Waals surface area contributed by atoms with E-state index in [-0.39, 0.29) is 0 Å². The van der Waals surface area contributed by atoms with E-state index in [0.717, 1.165) is 18.9 Å². The molecule has 2 heteroatoms. The van der Waals surface area contributed by atoms with Crippen LogP contribution in [0.5, 0.6) is 5.75 Å². The van der Waals surface area contributed by atoms with Gasteiger partial charge in [-0.05, 0) is 31.0 Å². The second-order valence-electron chi connectivity index (χ2n) is 3.63. The summed E-state index contributed by atoms with van der Waals surface area (Å²) in [5.74, 6) is 1.06. The molecule has 0 radical (unpaired) electrons. The predicted octanol–water partition coefficient (Wildman–Crippen LogP) is 2.13. The molecule has 0 unspecified atom stereocenters. The Kier molecular flexibility index (Phi) is 1.91. The highest BCUT2D eigenvalue weighted by Crippen LogP contribution is 2.35. The normalized spacial score (nSPS) is 15.2. The quantitative estimate of drug-likeness (QED) is 0.602. The highest BCUT2D eigenvalue weighted by molar-refractivity contribution is 5.64. The minimum atomic E-state index is 0.799. The summed E-state index contributed by atoms with van der Waals surface area (Å²) in [5.41, 5.74) is 3.78. The SMILES string of the molecule is Cc1ccc2c(c1C)OCCN2C. The maximum absolute atomic E-state index is 5.66. The minimum Gasteiger partial charge on any atom is -0.489 e. The van der Waals surface area contributed by atoms with E-state index in [1.807, 2.05) is 0 Å². The molecule has 0 amide bonds. The van der Waals surface area contributed by atoms with Crippen LogP contribution >= 0.6 is 0 Å². The van der Waals surface area contributed by atoms with Gasteiger partial charge in [-0.1, -0.05) is 6.07 Å². The first-order chi connectivity index (χ1) is 6.20. The minimum absolute atomic E-state index is 0.799. The highest BCUT2D eigenvalue weighted by atomic mass is 16.5. The molecule has 0 saturated carbocycles. The summed E-state index contributed by atoms with van der Waals surface area (Å²) in [6.07, 6.45) is 0. The van der Waals surface area contributed by atoms with Gasteiger partial charge in [0.05, 0.1) is 12.2 Å². The molecule has 2 nitrogen and oxygen atoms in total. The fourth-order valence-electron chi connectivity index (χ4n) is 1.66. The molecule has 0 aromatic heterocycles. The van der Waals surface area contributed by atoms with Crippen LogP contribution in [-0.4, -0.2) is 20.2 Å². The zero-order chi connectivity index (χ0) is 9.42. The van der Waals surface area contributed by atoms with E-state index < -0.39 is 0 Å². The molecule has 0 saturated heterocycles. The molecule has 70 valence electrons. The molecule has 1 aliphatic heterocycles. The average molecular weight is 177 g/mol. The van der Waals surface area contributed by atoms with Crippen LogP contribution in [0.1, 0.15) is 11.1 Å². The Morgan fingerprint density at radius 3 is 2.85 bits per heavy atom.